The van der Waals surface area contributed by atoms with Crippen LogP contribution < -0.4 is 0 Å². The van der Waals surface area contributed by atoms with E-state index in [1.165, 1.54) is 16.8 Å². The fraction of sp³-hybridized carbons (Fsp3) is 0.333. The standard InChI is InChI=1S/C18H19ClN4O3S/c1-22-11-17(21-12-22)27(24,25)23-8-4-7-16(23)18-20-10-14(26-18)9-13-5-2-3-6-15(13)19/h2-3,5-6,10-12,16H,4,7-9H2,1H3/t16-/m1/s1. The second-order valence-corrected chi connectivity index (χ2v) is 8.83. The van der Waals surface area contributed by atoms with Crippen LogP contribution in [0.5, 0.6) is 0 Å². The van der Waals surface area contributed by atoms with E-state index in [2.05, 4.69) is 9.97 Å². The highest BCUT2D eigenvalue weighted by Crippen LogP contribution is 2.36. The highest BCUT2D eigenvalue weighted by atomic mass is 35.5. The highest BCUT2D eigenvalue weighted by molar-refractivity contribution is 7.89. The lowest BCUT2D eigenvalue weighted by atomic mass is 10.1. The summed E-state index contributed by atoms with van der Waals surface area (Å²) in [7, 11) is -1.95. The minimum atomic E-state index is -3.69. The number of hydrogen-bond donors (Lipinski definition) is 0. The molecule has 1 aromatic carbocycles. The van der Waals surface area contributed by atoms with E-state index in [0.717, 1.165) is 12.0 Å². The first-order chi connectivity index (χ1) is 12.9. The van der Waals surface area contributed by atoms with Gasteiger partial charge in [-0.05, 0) is 24.5 Å². The van der Waals surface area contributed by atoms with Gasteiger partial charge in [-0.1, -0.05) is 29.8 Å². The fourth-order valence-electron chi connectivity index (χ4n) is 3.30. The van der Waals surface area contributed by atoms with Gasteiger partial charge in [0, 0.05) is 31.2 Å². The van der Waals surface area contributed by atoms with E-state index in [9.17, 15) is 8.42 Å². The third-order valence-electron chi connectivity index (χ3n) is 4.64. The van der Waals surface area contributed by atoms with Gasteiger partial charge in [0.2, 0.25) is 5.89 Å². The number of hydrogen-bond acceptors (Lipinski definition) is 5. The van der Waals surface area contributed by atoms with Crippen LogP contribution in [0.4, 0.5) is 0 Å². The summed E-state index contributed by atoms with van der Waals surface area (Å²) < 4.78 is 34.8. The molecular formula is C18H19ClN4O3S. The third kappa shape index (κ3) is 3.52. The number of oxazole rings is 1. The molecule has 0 radical (unpaired) electrons. The van der Waals surface area contributed by atoms with Gasteiger partial charge in [0.15, 0.2) is 5.03 Å². The maximum absolute atomic E-state index is 12.9. The summed E-state index contributed by atoms with van der Waals surface area (Å²) in [5.74, 6) is 1.06. The number of benzene rings is 1. The second-order valence-electron chi connectivity index (χ2n) is 6.58. The number of aryl methyl sites for hydroxylation is 1. The van der Waals surface area contributed by atoms with Gasteiger partial charge in [-0.25, -0.2) is 18.4 Å². The molecule has 0 aliphatic carbocycles. The molecule has 0 unspecified atom stereocenters. The number of imidazole rings is 1. The van der Waals surface area contributed by atoms with Crippen molar-refractivity contribution in [3.05, 3.63) is 65.2 Å². The Bertz CT molecular complexity index is 1060. The molecule has 0 amide bonds. The van der Waals surface area contributed by atoms with Crippen LogP contribution in [0.1, 0.15) is 36.1 Å². The van der Waals surface area contributed by atoms with Crippen molar-refractivity contribution in [3.8, 4) is 0 Å². The number of halogens is 1. The van der Waals surface area contributed by atoms with Crippen molar-refractivity contribution in [1.82, 2.24) is 18.8 Å². The number of aromatic nitrogens is 3. The van der Waals surface area contributed by atoms with Gasteiger partial charge in [0.25, 0.3) is 10.0 Å². The van der Waals surface area contributed by atoms with Crippen LogP contribution in [0.15, 0.2) is 52.4 Å². The molecule has 1 atom stereocenters. The molecule has 4 rings (SSSR count). The van der Waals surface area contributed by atoms with Crippen molar-refractivity contribution in [1.29, 1.82) is 0 Å². The van der Waals surface area contributed by atoms with Gasteiger partial charge < -0.3 is 8.98 Å². The van der Waals surface area contributed by atoms with Gasteiger partial charge in [0.05, 0.1) is 12.5 Å². The Morgan fingerprint density at radius 3 is 2.85 bits per heavy atom. The molecule has 3 heterocycles. The first-order valence-corrected chi connectivity index (χ1v) is 10.4. The molecule has 0 N–H and O–H groups in total. The number of nitrogens with zero attached hydrogens (tertiary/aromatic N) is 4. The molecule has 27 heavy (non-hydrogen) atoms. The zero-order chi connectivity index (χ0) is 19.0. The maximum atomic E-state index is 12.9. The summed E-state index contributed by atoms with van der Waals surface area (Å²) in [6.07, 6.45) is 6.54. The molecule has 1 aliphatic heterocycles. The van der Waals surface area contributed by atoms with Crippen molar-refractivity contribution in [2.24, 2.45) is 7.05 Å². The molecule has 0 saturated carbocycles. The van der Waals surface area contributed by atoms with Crippen LogP contribution in [0.3, 0.4) is 0 Å². The van der Waals surface area contributed by atoms with Crippen LogP contribution in [0.25, 0.3) is 0 Å². The first-order valence-electron chi connectivity index (χ1n) is 8.63. The summed E-state index contributed by atoms with van der Waals surface area (Å²) in [6.45, 7) is 0.422. The van der Waals surface area contributed by atoms with Crippen LogP contribution in [-0.4, -0.2) is 33.8 Å². The summed E-state index contributed by atoms with van der Waals surface area (Å²) in [5.41, 5.74) is 0.936. The predicted octanol–water partition coefficient (Wildman–Crippen LogP) is 3.18. The second kappa shape index (κ2) is 7.10. The maximum Gasteiger partial charge on any atom is 0.262 e. The Morgan fingerprint density at radius 2 is 2.11 bits per heavy atom. The van der Waals surface area contributed by atoms with E-state index in [1.54, 1.807) is 17.8 Å². The van der Waals surface area contributed by atoms with E-state index in [1.807, 2.05) is 24.3 Å². The van der Waals surface area contributed by atoms with Crippen LogP contribution in [0.2, 0.25) is 5.02 Å². The minimum absolute atomic E-state index is 0.0414. The Labute approximate surface area is 162 Å². The van der Waals surface area contributed by atoms with Crippen LogP contribution in [-0.2, 0) is 23.5 Å². The van der Waals surface area contributed by atoms with E-state index in [0.29, 0.717) is 36.1 Å². The van der Waals surface area contributed by atoms with Gasteiger partial charge in [-0.15, -0.1) is 0 Å². The molecule has 0 spiro atoms. The largest absolute Gasteiger partial charge is 0.444 e. The molecule has 1 saturated heterocycles. The molecule has 7 nitrogen and oxygen atoms in total. The average Bonchev–Trinajstić information content (AvgIpc) is 3.36. The lowest BCUT2D eigenvalue weighted by Crippen LogP contribution is -2.31. The van der Waals surface area contributed by atoms with Crippen molar-refractivity contribution in [3.63, 3.8) is 0 Å². The van der Waals surface area contributed by atoms with E-state index in [4.69, 9.17) is 16.0 Å². The Morgan fingerprint density at radius 1 is 1.30 bits per heavy atom. The molecule has 0 bridgehead atoms. The van der Waals surface area contributed by atoms with Gasteiger partial charge in [-0.3, -0.25) is 0 Å². The van der Waals surface area contributed by atoms with Gasteiger partial charge in [0.1, 0.15) is 11.8 Å². The molecule has 3 aromatic rings. The SMILES string of the molecule is Cn1cnc(S(=O)(=O)N2CCC[C@@H]2c2ncc(Cc3ccccc3Cl)o2)c1. The Hall–Kier alpha value is -2.16. The quantitative estimate of drug-likeness (QED) is 0.650. The monoisotopic (exact) mass is 406 g/mol. The molecule has 9 heteroatoms. The van der Waals surface area contributed by atoms with E-state index in [-0.39, 0.29) is 5.03 Å². The third-order valence-corrected chi connectivity index (χ3v) is 6.80. The predicted molar refractivity (Wildman–Crippen MR) is 99.8 cm³/mol. The normalized spacial score (nSPS) is 18.2. The lowest BCUT2D eigenvalue weighted by molar-refractivity contribution is 0.321. The average molecular weight is 407 g/mol. The molecule has 1 aliphatic rings. The number of rotatable bonds is 5. The van der Waals surface area contributed by atoms with Crippen LogP contribution >= 0.6 is 11.6 Å². The zero-order valence-electron chi connectivity index (χ0n) is 14.7. The Balaban J connectivity index is 1.58. The number of sulfonamides is 1. The lowest BCUT2D eigenvalue weighted by Gasteiger charge is -2.20. The van der Waals surface area contributed by atoms with Crippen molar-refractivity contribution in [2.75, 3.05) is 6.54 Å². The summed E-state index contributed by atoms with van der Waals surface area (Å²) in [4.78, 5) is 8.34. The first kappa shape index (κ1) is 18.2. The fourth-order valence-corrected chi connectivity index (χ4v) is 5.13. The van der Waals surface area contributed by atoms with Crippen LogP contribution in [0, 0.1) is 0 Å². The minimum Gasteiger partial charge on any atom is -0.444 e. The molecule has 2 aromatic heterocycles. The van der Waals surface area contributed by atoms with E-state index < -0.39 is 16.1 Å². The van der Waals surface area contributed by atoms with E-state index >= 15 is 0 Å². The molecular weight excluding hydrogens is 388 g/mol. The topological polar surface area (TPSA) is 81.2 Å². The van der Waals surface area contributed by atoms with Crippen molar-refractivity contribution < 1.29 is 12.8 Å². The molecule has 142 valence electrons. The highest BCUT2D eigenvalue weighted by Gasteiger charge is 2.39. The smallest absolute Gasteiger partial charge is 0.262 e. The summed E-state index contributed by atoms with van der Waals surface area (Å²) in [5, 5.41) is 0.704. The Kier molecular flexibility index (Phi) is 4.79. The van der Waals surface area contributed by atoms with Gasteiger partial charge >= 0.3 is 0 Å². The van der Waals surface area contributed by atoms with Gasteiger partial charge in [-0.2, -0.15) is 4.31 Å². The summed E-state index contributed by atoms with van der Waals surface area (Å²) in [6, 6.07) is 7.12. The summed E-state index contributed by atoms with van der Waals surface area (Å²) >= 11 is 6.20. The van der Waals surface area contributed by atoms with Crippen molar-refractivity contribution >= 4 is 21.6 Å². The van der Waals surface area contributed by atoms with Crippen molar-refractivity contribution in [2.45, 2.75) is 30.3 Å². The zero-order valence-corrected chi connectivity index (χ0v) is 16.3. The molecule has 1 fully saturated rings.